The predicted octanol–water partition coefficient (Wildman–Crippen LogP) is 2.92. The standard InChI is InChI=1S/C12H16OSi/c1-13-12-7-5-6-11(10-12)8-9-14(2,3)4/h5-7,10H,1-4H3. The summed E-state index contributed by atoms with van der Waals surface area (Å²) in [5, 5.41) is 0. The van der Waals surface area contributed by atoms with E-state index in [-0.39, 0.29) is 0 Å². The van der Waals surface area contributed by atoms with Crippen molar-refractivity contribution in [2.45, 2.75) is 19.6 Å². The molecule has 1 aromatic rings. The molecule has 1 rings (SSSR count). The summed E-state index contributed by atoms with van der Waals surface area (Å²) >= 11 is 0. The summed E-state index contributed by atoms with van der Waals surface area (Å²) in [5.41, 5.74) is 4.36. The van der Waals surface area contributed by atoms with Crippen LogP contribution >= 0.6 is 0 Å². The van der Waals surface area contributed by atoms with Gasteiger partial charge in [0.05, 0.1) is 7.11 Å². The second-order valence-electron chi connectivity index (χ2n) is 4.23. The van der Waals surface area contributed by atoms with Crippen molar-refractivity contribution in [3.8, 4) is 17.2 Å². The number of methoxy groups -OCH3 is 1. The van der Waals surface area contributed by atoms with E-state index in [1.807, 2.05) is 24.3 Å². The summed E-state index contributed by atoms with van der Waals surface area (Å²) in [4.78, 5) is 0. The van der Waals surface area contributed by atoms with Crippen LogP contribution in [-0.4, -0.2) is 15.2 Å². The van der Waals surface area contributed by atoms with Crippen LogP contribution < -0.4 is 4.74 Å². The number of benzene rings is 1. The van der Waals surface area contributed by atoms with E-state index in [0.717, 1.165) is 11.3 Å². The summed E-state index contributed by atoms with van der Waals surface area (Å²) in [7, 11) is 0.402. The van der Waals surface area contributed by atoms with Crippen LogP contribution in [0.25, 0.3) is 0 Å². The van der Waals surface area contributed by atoms with Gasteiger partial charge in [0.1, 0.15) is 13.8 Å². The summed E-state index contributed by atoms with van der Waals surface area (Å²) in [5.74, 6) is 4.06. The highest BCUT2D eigenvalue weighted by Crippen LogP contribution is 2.11. The quantitative estimate of drug-likeness (QED) is 0.505. The maximum atomic E-state index is 5.13. The van der Waals surface area contributed by atoms with Crippen LogP contribution in [0, 0.1) is 11.5 Å². The Morgan fingerprint density at radius 3 is 2.50 bits per heavy atom. The third-order valence-corrected chi connectivity index (χ3v) is 2.53. The molecular formula is C12H16OSi. The van der Waals surface area contributed by atoms with Crippen LogP contribution in [0.2, 0.25) is 19.6 Å². The van der Waals surface area contributed by atoms with Crippen molar-refractivity contribution >= 4 is 8.07 Å². The zero-order chi connectivity index (χ0) is 10.6. The van der Waals surface area contributed by atoms with E-state index in [1.165, 1.54) is 0 Å². The second kappa shape index (κ2) is 4.34. The van der Waals surface area contributed by atoms with E-state index >= 15 is 0 Å². The third kappa shape index (κ3) is 3.67. The lowest BCUT2D eigenvalue weighted by molar-refractivity contribution is 0.414. The molecule has 74 valence electrons. The first-order valence-corrected chi connectivity index (χ1v) is 8.18. The Morgan fingerprint density at radius 2 is 1.93 bits per heavy atom. The highest BCUT2D eigenvalue weighted by molar-refractivity contribution is 6.83. The van der Waals surface area contributed by atoms with Gasteiger partial charge >= 0.3 is 0 Å². The van der Waals surface area contributed by atoms with E-state index in [9.17, 15) is 0 Å². The lowest BCUT2D eigenvalue weighted by Gasteiger charge is -2.03. The SMILES string of the molecule is COc1cccc(C#C[Si](C)(C)C)c1. The Hall–Kier alpha value is -1.20. The average Bonchev–Trinajstić information content (AvgIpc) is 2.14. The third-order valence-electron chi connectivity index (χ3n) is 1.65. The van der Waals surface area contributed by atoms with E-state index in [1.54, 1.807) is 7.11 Å². The summed E-state index contributed by atoms with van der Waals surface area (Å²) < 4.78 is 5.13. The molecule has 0 spiro atoms. The summed E-state index contributed by atoms with van der Waals surface area (Å²) in [6.45, 7) is 6.71. The van der Waals surface area contributed by atoms with Gasteiger partial charge in [-0.3, -0.25) is 0 Å². The Bertz CT molecular complexity index is 366. The lowest BCUT2D eigenvalue weighted by Crippen LogP contribution is -2.16. The van der Waals surface area contributed by atoms with Crippen LogP contribution in [0.3, 0.4) is 0 Å². The van der Waals surface area contributed by atoms with Gasteiger partial charge in [-0.25, -0.2) is 0 Å². The minimum Gasteiger partial charge on any atom is -0.497 e. The molecule has 0 fully saturated rings. The van der Waals surface area contributed by atoms with E-state index < -0.39 is 8.07 Å². The molecule has 0 amide bonds. The van der Waals surface area contributed by atoms with E-state index in [0.29, 0.717) is 0 Å². The largest absolute Gasteiger partial charge is 0.497 e. The lowest BCUT2D eigenvalue weighted by atomic mass is 10.2. The van der Waals surface area contributed by atoms with Crippen LogP contribution in [0.4, 0.5) is 0 Å². The molecule has 0 aliphatic rings. The van der Waals surface area contributed by atoms with Gasteiger partial charge in [-0.1, -0.05) is 31.6 Å². The highest BCUT2D eigenvalue weighted by Gasteiger charge is 2.07. The molecule has 0 aromatic heterocycles. The van der Waals surface area contributed by atoms with Gasteiger partial charge in [0, 0.05) is 5.56 Å². The van der Waals surface area contributed by atoms with Gasteiger partial charge in [0.15, 0.2) is 0 Å². The zero-order valence-corrected chi connectivity index (χ0v) is 10.2. The van der Waals surface area contributed by atoms with Crippen LogP contribution in [-0.2, 0) is 0 Å². The van der Waals surface area contributed by atoms with Gasteiger partial charge in [-0.15, -0.1) is 5.54 Å². The molecule has 2 heteroatoms. The Kier molecular flexibility index (Phi) is 3.37. The molecule has 0 aliphatic heterocycles. The Balaban J connectivity index is 2.90. The minimum atomic E-state index is -1.27. The van der Waals surface area contributed by atoms with Crippen molar-refractivity contribution in [2.75, 3.05) is 7.11 Å². The molecule has 0 atom stereocenters. The van der Waals surface area contributed by atoms with E-state index in [2.05, 4.69) is 31.1 Å². The summed E-state index contributed by atoms with van der Waals surface area (Å²) in [6, 6.07) is 7.87. The second-order valence-corrected chi connectivity index (χ2v) is 8.98. The Labute approximate surface area is 87.1 Å². The fourth-order valence-corrected chi connectivity index (χ4v) is 1.48. The van der Waals surface area contributed by atoms with Crippen LogP contribution in [0.5, 0.6) is 5.75 Å². The molecule has 0 saturated carbocycles. The van der Waals surface area contributed by atoms with Crippen molar-refractivity contribution in [1.29, 1.82) is 0 Å². The molecule has 0 heterocycles. The molecule has 0 N–H and O–H groups in total. The normalized spacial score (nSPS) is 10.3. The minimum absolute atomic E-state index is 0.868. The van der Waals surface area contributed by atoms with Gasteiger partial charge < -0.3 is 4.74 Å². The van der Waals surface area contributed by atoms with Gasteiger partial charge in [0.25, 0.3) is 0 Å². The smallest absolute Gasteiger partial charge is 0.129 e. The topological polar surface area (TPSA) is 9.23 Å². The monoisotopic (exact) mass is 204 g/mol. The van der Waals surface area contributed by atoms with Crippen molar-refractivity contribution in [2.24, 2.45) is 0 Å². The number of hydrogen-bond donors (Lipinski definition) is 0. The van der Waals surface area contributed by atoms with Crippen LogP contribution in [0.15, 0.2) is 24.3 Å². The molecule has 0 aliphatic carbocycles. The number of ether oxygens (including phenoxy) is 1. The first-order chi connectivity index (χ1) is 6.51. The van der Waals surface area contributed by atoms with Crippen molar-refractivity contribution in [3.63, 3.8) is 0 Å². The molecule has 0 saturated heterocycles. The van der Waals surface area contributed by atoms with E-state index in [4.69, 9.17) is 4.74 Å². The molecule has 0 unspecified atom stereocenters. The summed E-state index contributed by atoms with van der Waals surface area (Å²) in [6.07, 6.45) is 0. The average molecular weight is 204 g/mol. The molecule has 1 aromatic carbocycles. The molecule has 1 nitrogen and oxygen atoms in total. The van der Waals surface area contributed by atoms with Gasteiger partial charge in [0.2, 0.25) is 0 Å². The number of hydrogen-bond acceptors (Lipinski definition) is 1. The van der Waals surface area contributed by atoms with Gasteiger partial charge in [-0.2, -0.15) is 0 Å². The zero-order valence-electron chi connectivity index (χ0n) is 9.22. The molecule has 14 heavy (non-hydrogen) atoms. The molecular weight excluding hydrogens is 188 g/mol. The fourth-order valence-electron chi connectivity index (χ4n) is 0.960. The number of rotatable bonds is 1. The van der Waals surface area contributed by atoms with Gasteiger partial charge in [-0.05, 0) is 18.2 Å². The predicted molar refractivity (Wildman–Crippen MR) is 63.2 cm³/mol. The van der Waals surface area contributed by atoms with Crippen molar-refractivity contribution in [1.82, 2.24) is 0 Å². The molecule has 0 bridgehead atoms. The maximum absolute atomic E-state index is 5.13. The van der Waals surface area contributed by atoms with Crippen LogP contribution in [0.1, 0.15) is 5.56 Å². The molecule has 0 radical (unpaired) electrons. The first kappa shape index (κ1) is 10.9. The van der Waals surface area contributed by atoms with Crippen molar-refractivity contribution in [3.05, 3.63) is 29.8 Å². The fraction of sp³-hybridized carbons (Fsp3) is 0.333. The van der Waals surface area contributed by atoms with Crippen molar-refractivity contribution < 1.29 is 4.74 Å². The maximum Gasteiger partial charge on any atom is 0.129 e. The Morgan fingerprint density at radius 1 is 1.21 bits per heavy atom. The highest BCUT2D eigenvalue weighted by atomic mass is 28.3. The first-order valence-electron chi connectivity index (χ1n) is 4.68.